The molecule has 1 aliphatic rings. The van der Waals surface area contributed by atoms with Crippen LogP contribution in [0, 0.1) is 5.92 Å². The lowest BCUT2D eigenvalue weighted by Crippen LogP contribution is -2.32. The maximum atomic E-state index is 5.70. The molecule has 0 saturated heterocycles. The summed E-state index contributed by atoms with van der Waals surface area (Å²) in [6.07, 6.45) is 9.25. The molecule has 1 saturated carbocycles. The summed E-state index contributed by atoms with van der Waals surface area (Å²) in [5, 5.41) is 3.60. The molecule has 0 amide bonds. The van der Waals surface area contributed by atoms with Gasteiger partial charge in [0, 0.05) is 19.3 Å². The fraction of sp³-hybridized carbons (Fsp3) is 1.00. The summed E-state index contributed by atoms with van der Waals surface area (Å²) in [6, 6.07) is 0.768. The number of hydrogen-bond donors (Lipinski definition) is 1. The zero-order valence-electron chi connectivity index (χ0n) is 11.1. The summed E-state index contributed by atoms with van der Waals surface area (Å²) >= 11 is 0. The Labute approximate surface area is 101 Å². The Hall–Kier alpha value is -0.0800. The van der Waals surface area contributed by atoms with Crippen LogP contribution in [0.5, 0.6) is 0 Å². The van der Waals surface area contributed by atoms with Gasteiger partial charge in [0.15, 0.2) is 0 Å². The Morgan fingerprint density at radius 2 is 2.00 bits per heavy atom. The zero-order valence-corrected chi connectivity index (χ0v) is 11.1. The van der Waals surface area contributed by atoms with Crippen molar-refractivity contribution in [2.24, 2.45) is 5.92 Å². The van der Waals surface area contributed by atoms with E-state index in [1.165, 1.54) is 44.9 Å². The molecule has 16 heavy (non-hydrogen) atoms. The third-order valence-corrected chi connectivity index (χ3v) is 3.65. The van der Waals surface area contributed by atoms with E-state index in [9.17, 15) is 0 Å². The van der Waals surface area contributed by atoms with Gasteiger partial charge in [-0.2, -0.15) is 0 Å². The normalized spacial score (nSPS) is 25.1. The molecule has 2 heteroatoms. The van der Waals surface area contributed by atoms with Crippen molar-refractivity contribution in [1.29, 1.82) is 0 Å². The van der Waals surface area contributed by atoms with Crippen LogP contribution < -0.4 is 5.32 Å². The summed E-state index contributed by atoms with van der Waals surface area (Å²) in [6.45, 7) is 7.48. The van der Waals surface area contributed by atoms with Gasteiger partial charge in [0.05, 0.1) is 0 Å². The van der Waals surface area contributed by atoms with Crippen LogP contribution in [0.4, 0.5) is 0 Å². The molecule has 96 valence electrons. The van der Waals surface area contributed by atoms with Gasteiger partial charge in [-0.05, 0) is 38.1 Å². The van der Waals surface area contributed by atoms with Gasteiger partial charge in [-0.1, -0.05) is 33.1 Å². The van der Waals surface area contributed by atoms with E-state index in [1.807, 2.05) is 0 Å². The predicted octanol–water partition coefficient (Wildman–Crippen LogP) is 3.36. The van der Waals surface area contributed by atoms with E-state index in [4.69, 9.17) is 4.74 Å². The quantitative estimate of drug-likeness (QED) is 0.610. The summed E-state index contributed by atoms with van der Waals surface area (Å²) in [5.41, 5.74) is 0. The monoisotopic (exact) mass is 227 g/mol. The molecule has 1 rings (SSSR count). The van der Waals surface area contributed by atoms with E-state index in [0.717, 1.165) is 31.7 Å². The van der Waals surface area contributed by atoms with E-state index in [2.05, 4.69) is 19.2 Å². The fourth-order valence-electron chi connectivity index (χ4n) is 2.70. The first-order valence-electron chi connectivity index (χ1n) is 7.19. The molecular formula is C14H29NO. The van der Waals surface area contributed by atoms with Gasteiger partial charge in [0.2, 0.25) is 0 Å². The maximum absolute atomic E-state index is 5.70. The Morgan fingerprint density at radius 1 is 1.12 bits per heavy atom. The molecule has 0 aromatic rings. The van der Waals surface area contributed by atoms with Gasteiger partial charge in [0.25, 0.3) is 0 Å². The summed E-state index contributed by atoms with van der Waals surface area (Å²) in [4.78, 5) is 0. The molecule has 1 N–H and O–H groups in total. The first-order chi connectivity index (χ1) is 7.88. The van der Waals surface area contributed by atoms with Crippen LogP contribution in [0.15, 0.2) is 0 Å². The molecule has 0 bridgehead atoms. The number of hydrogen-bond acceptors (Lipinski definition) is 2. The van der Waals surface area contributed by atoms with Crippen LogP contribution in [-0.4, -0.2) is 25.8 Å². The van der Waals surface area contributed by atoms with Gasteiger partial charge in [0.1, 0.15) is 0 Å². The van der Waals surface area contributed by atoms with Crippen molar-refractivity contribution >= 4 is 0 Å². The summed E-state index contributed by atoms with van der Waals surface area (Å²) in [5.74, 6) is 0.867. The number of unbranched alkanes of at least 4 members (excludes halogenated alkanes) is 2. The Bertz CT molecular complexity index is 161. The van der Waals surface area contributed by atoms with Gasteiger partial charge in [-0.25, -0.2) is 0 Å². The van der Waals surface area contributed by atoms with Crippen molar-refractivity contribution < 1.29 is 4.74 Å². The highest BCUT2D eigenvalue weighted by atomic mass is 16.5. The van der Waals surface area contributed by atoms with Crippen LogP contribution in [0.1, 0.15) is 58.8 Å². The van der Waals surface area contributed by atoms with E-state index in [0.29, 0.717) is 0 Å². The third-order valence-electron chi connectivity index (χ3n) is 3.65. The average Bonchev–Trinajstić information content (AvgIpc) is 2.72. The van der Waals surface area contributed by atoms with Crippen molar-refractivity contribution in [2.45, 2.75) is 64.8 Å². The number of ether oxygens (including phenoxy) is 1. The largest absolute Gasteiger partial charge is 0.381 e. The minimum absolute atomic E-state index is 0.768. The molecule has 0 heterocycles. The molecular weight excluding hydrogens is 198 g/mol. The Morgan fingerprint density at radius 3 is 2.75 bits per heavy atom. The van der Waals surface area contributed by atoms with Crippen molar-refractivity contribution in [3.8, 4) is 0 Å². The fourth-order valence-corrected chi connectivity index (χ4v) is 2.70. The highest BCUT2D eigenvalue weighted by Crippen LogP contribution is 2.28. The zero-order chi connectivity index (χ0) is 11.6. The topological polar surface area (TPSA) is 21.3 Å². The molecule has 2 nitrogen and oxygen atoms in total. The SMILES string of the molecule is CCCCCOCCC1CCCC1NCC. The predicted molar refractivity (Wildman–Crippen MR) is 69.8 cm³/mol. The second kappa shape index (κ2) is 9.00. The minimum Gasteiger partial charge on any atom is -0.381 e. The molecule has 2 atom stereocenters. The number of nitrogens with one attached hydrogen (secondary N) is 1. The van der Waals surface area contributed by atoms with Crippen molar-refractivity contribution in [3.63, 3.8) is 0 Å². The van der Waals surface area contributed by atoms with E-state index < -0.39 is 0 Å². The molecule has 0 aliphatic heterocycles. The lowest BCUT2D eigenvalue weighted by molar-refractivity contribution is 0.113. The summed E-state index contributed by atoms with van der Waals surface area (Å²) in [7, 11) is 0. The summed E-state index contributed by atoms with van der Waals surface area (Å²) < 4.78 is 5.70. The average molecular weight is 227 g/mol. The van der Waals surface area contributed by atoms with Gasteiger partial charge < -0.3 is 10.1 Å². The first kappa shape index (κ1) is 14.0. The minimum atomic E-state index is 0.768. The van der Waals surface area contributed by atoms with Crippen molar-refractivity contribution in [2.75, 3.05) is 19.8 Å². The van der Waals surface area contributed by atoms with E-state index >= 15 is 0 Å². The second-order valence-electron chi connectivity index (χ2n) is 4.96. The lowest BCUT2D eigenvalue weighted by atomic mass is 10.00. The standard InChI is InChI=1S/C14H29NO/c1-3-5-6-11-16-12-10-13-8-7-9-14(13)15-4-2/h13-15H,3-12H2,1-2H3. The number of rotatable bonds is 9. The first-order valence-corrected chi connectivity index (χ1v) is 7.19. The van der Waals surface area contributed by atoms with Gasteiger partial charge in [-0.15, -0.1) is 0 Å². The molecule has 1 aliphatic carbocycles. The van der Waals surface area contributed by atoms with Gasteiger partial charge in [-0.3, -0.25) is 0 Å². The van der Waals surface area contributed by atoms with Gasteiger partial charge >= 0.3 is 0 Å². The maximum Gasteiger partial charge on any atom is 0.0469 e. The molecule has 0 aromatic heterocycles. The molecule has 0 spiro atoms. The molecule has 0 radical (unpaired) electrons. The van der Waals surface area contributed by atoms with Crippen LogP contribution in [-0.2, 0) is 4.74 Å². The molecule has 0 aromatic carbocycles. The molecule has 2 unspecified atom stereocenters. The smallest absolute Gasteiger partial charge is 0.0469 e. The lowest BCUT2D eigenvalue weighted by Gasteiger charge is -2.20. The van der Waals surface area contributed by atoms with Crippen LogP contribution in [0.2, 0.25) is 0 Å². The van der Waals surface area contributed by atoms with E-state index in [1.54, 1.807) is 0 Å². The molecule has 1 fully saturated rings. The van der Waals surface area contributed by atoms with Crippen LogP contribution >= 0.6 is 0 Å². The third kappa shape index (κ3) is 5.31. The van der Waals surface area contributed by atoms with Crippen molar-refractivity contribution in [1.82, 2.24) is 5.32 Å². The highest BCUT2D eigenvalue weighted by Gasteiger charge is 2.25. The van der Waals surface area contributed by atoms with Crippen LogP contribution in [0.25, 0.3) is 0 Å². The Balaban J connectivity index is 1.99. The Kier molecular flexibility index (Phi) is 7.87. The van der Waals surface area contributed by atoms with Crippen molar-refractivity contribution in [3.05, 3.63) is 0 Å². The van der Waals surface area contributed by atoms with E-state index in [-0.39, 0.29) is 0 Å². The van der Waals surface area contributed by atoms with Crippen LogP contribution in [0.3, 0.4) is 0 Å². The highest BCUT2D eigenvalue weighted by molar-refractivity contribution is 4.82. The second-order valence-corrected chi connectivity index (χ2v) is 4.96.